The summed E-state index contributed by atoms with van der Waals surface area (Å²) < 4.78 is 0. The highest BCUT2D eigenvalue weighted by Gasteiger charge is 2.45. The molecule has 3 aliphatic rings. The van der Waals surface area contributed by atoms with Crippen LogP contribution < -0.4 is 5.32 Å². The standard InChI is InChI=1S/C22H31N3O2/c1-17(18-5-3-2-4-6-18)23-20(26)15-24-13-11-22(12-14-24)10-9-21(27)25(16-22)19-7-8-19/h2-6,17,19H,7-16H2,1H3,(H,23,26)/t17-/m0/s1. The van der Waals surface area contributed by atoms with Gasteiger partial charge in [-0.3, -0.25) is 14.5 Å². The molecule has 5 nitrogen and oxygen atoms in total. The van der Waals surface area contributed by atoms with Gasteiger partial charge in [-0.15, -0.1) is 0 Å². The van der Waals surface area contributed by atoms with E-state index in [1.807, 2.05) is 37.3 Å². The van der Waals surface area contributed by atoms with E-state index in [1.54, 1.807) is 0 Å². The molecule has 3 fully saturated rings. The first-order valence-corrected chi connectivity index (χ1v) is 10.4. The van der Waals surface area contributed by atoms with Crippen LogP contribution in [0.4, 0.5) is 0 Å². The summed E-state index contributed by atoms with van der Waals surface area (Å²) >= 11 is 0. The summed E-state index contributed by atoms with van der Waals surface area (Å²) in [6.45, 7) is 5.36. The Labute approximate surface area is 162 Å². The van der Waals surface area contributed by atoms with E-state index in [4.69, 9.17) is 0 Å². The maximum atomic E-state index is 12.4. The van der Waals surface area contributed by atoms with Gasteiger partial charge >= 0.3 is 0 Å². The van der Waals surface area contributed by atoms with Crippen LogP contribution in [0.1, 0.15) is 57.1 Å². The molecule has 2 aliphatic heterocycles. The molecule has 2 amide bonds. The van der Waals surface area contributed by atoms with Gasteiger partial charge in [-0.05, 0) is 63.1 Å². The number of likely N-dealkylation sites (tertiary alicyclic amines) is 2. The molecule has 1 spiro atoms. The Morgan fingerprint density at radius 2 is 1.89 bits per heavy atom. The average molecular weight is 370 g/mol. The number of hydrogen-bond donors (Lipinski definition) is 1. The van der Waals surface area contributed by atoms with Gasteiger partial charge in [0.15, 0.2) is 0 Å². The fourth-order valence-electron chi connectivity index (χ4n) is 4.67. The van der Waals surface area contributed by atoms with Crippen molar-refractivity contribution in [2.45, 2.75) is 57.5 Å². The number of hydrogen-bond acceptors (Lipinski definition) is 3. The molecule has 0 bridgehead atoms. The Bertz CT molecular complexity index is 678. The van der Waals surface area contributed by atoms with E-state index in [1.165, 1.54) is 12.8 Å². The predicted octanol–water partition coefficient (Wildman–Crippen LogP) is 2.73. The number of nitrogens with one attached hydrogen (secondary N) is 1. The van der Waals surface area contributed by atoms with Crippen LogP contribution in [0, 0.1) is 5.41 Å². The van der Waals surface area contributed by atoms with Crippen molar-refractivity contribution in [3.63, 3.8) is 0 Å². The van der Waals surface area contributed by atoms with Crippen LogP contribution in [0.25, 0.3) is 0 Å². The zero-order valence-electron chi connectivity index (χ0n) is 16.3. The third kappa shape index (κ3) is 4.34. The molecule has 146 valence electrons. The lowest BCUT2D eigenvalue weighted by atomic mass is 9.72. The van der Waals surface area contributed by atoms with Crippen molar-refractivity contribution in [3.05, 3.63) is 35.9 Å². The zero-order valence-corrected chi connectivity index (χ0v) is 16.3. The number of carbonyl (C=O) groups is 2. The van der Waals surface area contributed by atoms with Gasteiger partial charge in [-0.2, -0.15) is 0 Å². The molecular formula is C22H31N3O2. The summed E-state index contributed by atoms with van der Waals surface area (Å²) in [7, 11) is 0. The van der Waals surface area contributed by atoms with E-state index in [2.05, 4.69) is 15.1 Å². The molecule has 5 heteroatoms. The van der Waals surface area contributed by atoms with Crippen LogP contribution >= 0.6 is 0 Å². The maximum Gasteiger partial charge on any atom is 0.234 e. The van der Waals surface area contributed by atoms with Crippen molar-refractivity contribution in [3.8, 4) is 0 Å². The SMILES string of the molecule is C[C@H](NC(=O)CN1CCC2(CCC(=O)N(C3CC3)C2)CC1)c1ccccc1. The fourth-order valence-corrected chi connectivity index (χ4v) is 4.67. The smallest absolute Gasteiger partial charge is 0.234 e. The highest BCUT2D eigenvalue weighted by atomic mass is 16.2. The third-order valence-corrected chi connectivity index (χ3v) is 6.64. The predicted molar refractivity (Wildman–Crippen MR) is 105 cm³/mol. The van der Waals surface area contributed by atoms with Crippen molar-refractivity contribution in [1.82, 2.24) is 15.1 Å². The first-order chi connectivity index (χ1) is 13.0. The summed E-state index contributed by atoms with van der Waals surface area (Å²) in [4.78, 5) is 29.1. The molecule has 2 heterocycles. The van der Waals surface area contributed by atoms with Crippen molar-refractivity contribution in [2.24, 2.45) is 5.41 Å². The largest absolute Gasteiger partial charge is 0.348 e. The van der Waals surface area contributed by atoms with E-state index in [0.717, 1.165) is 44.5 Å². The molecule has 0 unspecified atom stereocenters. The fraction of sp³-hybridized carbons (Fsp3) is 0.636. The number of amides is 2. The second-order valence-corrected chi connectivity index (χ2v) is 8.73. The quantitative estimate of drug-likeness (QED) is 0.868. The molecule has 4 rings (SSSR count). The van der Waals surface area contributed by atoms with Crippen LogP contribution in [0.5, 0.6) is 0 Å². The summed E-state index contributed by atoms with van der Waals surface area (Å²) in [5, 5.41) is 3.12. The van der Waals surface area contributed by atoms with Gasteiger partial charge in [-0.25, -0.2) is 0 Å². The van der Waals surface area contributed by atoms with Crippen molar-refractivity contribution >= 4 is 11.8 Å². The third-order valence-electron chi connectivity index (χ3n) is 6.64. The second kappa shape index (κ2) is 7.63. The van der Waals surface area contributed by atoms with Crippen LogP contribution in [0.2, 0.25) is 0 Å². The Morgan fingerprint density at radius 3 is 2.56 bits per heavy atom. The summed E-state index contributed by atoms with van der Waals surface area (Å²) in [5.74, 6) is 0.459. The number of rotatable bonds is 5. The molecule has 1 aromatic carbocycles. The van der Waals surface area contributed by atoms with Gasteiger partial charge in [0.1, 0.15) is 0 Å². The van der Waals surface area contributed by atoms with E-state index in [-0.39, 0.29) is 11.9 Å². The van der Waals surface area contributed by atoms with Gasteiger partial charge in [-0.1, -0.05) is 30.3 Å². The average Bonchev–Trinajstić information content (AvgIpc) is 3.52. The lowest BCUT2D eigenvalue weighted by Gasteiger charge is -2.47. The molecule has 0 aromatic heterocycles. The van der Waals surface area contributed by atoms with Gasteiger partial charge < -0.3 is 10.2 Å². The van der Waals surface area contributed by atoms with E-state index < -0.39 is 0 Å². The van der Waals surface area contributed by atoms with E-state index in [0.29, 0.717) is 30.3 Å². The Kier molecular flexibility index (Phi) is 5.22. The molecule has 1 N–H and O–H groups in total. The summed E-state index contributed by atoms with van der Waals surface area (Å²) in [6, 6.07) is 10.6. The lowest BCUT2D eigenvalue weighted by molar-refractivity contribution is -0.139. The van der Waals surface area contributed by atoms with E-state index >= 15 is 0 Å². The minimum absolute atomic E-state index is 0.0336. The zero-order chi connectivity index (χ0) is 18.9. The first-order valence-electron chi connectivity index (χ1n) is 10.4. The molecule has 0 radical (unpaired) electrons. The van der Waals surface area contributed by atoms with Crippen LogP contribution in [-0.2, 0) is 9.59 Å². The van der Waals surface area contributed by atoms with Gasteiger partial charge in [0.05, 0.1) is 12.6 Å². The molecule has 1 saturated carbocycles. The minimum atomic E-state index is 0.0336. The number of benzene rings is 1. The molecule has 27 heavy (non-hydrogen) atoms. The van der Waals surface area contributed by atoms with Crippen LogP contribution in [0.3, 0.4) is 0 Å². The number of nitrogens with zero attached hydrogens (tertiary/aromatic N) is 2. The number of piperidine rings is 2. The monoisotopic (exact) mass is 369 g/mol. The van der Waals surface area contributed by atoms with E-state index in [9.17, 15) is 9.59 Å². The topological polar surface area (TPSA) is 52.7 Å². The van der Waals surface area contributed by atoms with Crippen LogP contribution in [0.15, 0.2) is 30.3 Å². The first kappa shape index (κ1) is 18.5. The molecule has 1 aromatic rings. The number of carbonyl (C=O) groups excluding carboxylic acids is 2. The summed E-state index contributed by atoms with van der Waals surface area (Å²) in [5.41, 5.74) is 1.43. The van der Waals surface area contributed by atoms with Gasteiger partial charge in [0.2, 0.25) is 11.8 Å². The summed E-state index contributed by atoms with van der Waals surface area (Å²) in [6.07, 6.45) is 6.32. The van der Waals surface area contributed by atoms with Crippen molar-refractivity contribution in [2.75, 3.05) is 26.2 Å². The van der Waals surface area contributed by atoms with Crippen LogP contribution in [-0.4, -0.2) is 53.8 Å². The van der Waals surface area contributed by atoms with Gasteiger partial charge in [0.25, 0.3) is 0 Å². The molecule has 2 saturated heterocycles. The Balaban J connectivity index is 1.25. The Hall–Kier alpha value is -1.88. The minimum Gasteiger partial charge on any atom is -0.348 e. The molecule has 1 aliphatic carbocycles. The maximum absolute atomic E-state index is 12.4. The lowest BCUT2D eigenvalue weighted by Crippen LogP contribution is -2.53. The van der Waals surface area contributed by atoms with Crippen molar-refractivity contribution < 1.29 is 9.59 Å². The highest BCUT2D eigenvalue weighted by Crippen LogP contribution is 2.43. The molecule has 1 atom stereocenters. The highest BCUT2D eigenvalue weighted by molar-refractivity contribution is 5.79. The van der Waals surface area contributed by atoms with Crippen molar-refractivity contribution in [1.29, 1.82) is 0 Å². The second-order valence-electron chi connectivity index (χ2n) is 8.73. The normalized spacial score (nSPS) is 24.0. The van der Waals surface area contributed by atoms with Gasteiger partial charge in [0, 0.05) is 19.0 Å². The Morgan fingerprint density at radius 1 is 1.19 bits per heavy atom. The molecular weight excluding hydrogens is 338 g/mol.